The second-order valence-electron chi connectivity index (χ2n) is 6.51. The van der Waals surface area contributed by atoms with Crippen LogP contribution in [-0.4, -0.2) is 58.1 Å². The minimum absolute atomic E-state index is 0.227. The van der Waals surface area contributed by atoms with Crippen molar-refractivity contribution in [3.8, 4) is 5.75 Å². The molecule has 0 atom stereocenters. The number of morpholine rings is 1. The number of hydrogen-bond donors (Lipinski definition) is 1. The quantitative estimate of drug-likeness (QED) is 0.493. The lowest BCUT2D eigenvalue weighted by Crippen LogP contribution is -2.40. The minimum atomic E-state index is -3.52. The largest absolute Gasteiger partial charge is 0.492 e. The Morgan fingerprint density at radius 2 is 1.77 bits per heavy atom. The van der Waals surface area contributed by atoms with E-state index >= 15 is 0 Å². The number of hydrogen-bond acceptors (Lipinski definition) is 5. The van der Waals surface area contributed by atoms with Crippen molar-refractivity contribution < 1.29 is 22.7 Å². The Morgan fingerprint density at radius 1 is 1.10 bits per heavy atom. The van der Waals surface area contributed by atoms with Gasteiger partial charge in [0.15, 0.2) is 0 Å². The van der Waals surface area contributed by atoms with Gasteiger partial charge >= 0.3 is 0 Å². The highest BCUT2D eigenvalue weighted by atomic mass is 35.5. The van der Waals surface area contributed by atoms with Gasteiger partial charge in [0.25, 0.3) is 0 Å². The normalized spacial score (nSPS) is 15.2. The fourth-order valence-corrected chi connectivity index (χ4v) is 4.33. The molecule has 1 fully saturated rings. The molecule has 30 heavy (non-hydrogen) atoms. The zero-order valence-electron chi connectivity index (χ0n) is 16.3. The zero-order chi connectivity index (χ0) is 21.4. The first-order valence-electron chi connectivity index (χ1n) is 9.47. The van der Waals surface area contributed by atoms with E-state index in [0.717, 1.165) is 5.56 Å². The number of carbonyl (C=O) groups is 1. The first-order valence-corrected chi connectivity index (χ1v) is 11.3. The third-order valence-electron chi connectivity index (χ3n) is 4.40. The molecule has 1 N–H and O–H groups in total. The molecule has 2 aromatic rings. The topological polar surface area (TPSA) is 84.9 Å². The number of carbonyl (C=O) groups excluding carboxylic acids is 1. The van der Waals surface area contributed by atoms with Crippen molar-refractivity contribution in [1.29, 1.82) is 0 Å². The first kappa shape index (κ1) is 22.3. The maximum Gasteiger partial charge on any atom is 0.244 e. The van der Waals surface area contributed by atoms with E-state index in [0.29, 0.717) is 50.2 Å². The van der Waals surface area contributed by atoms with Crippen LogP contribution in [0, 0.1) is 0 Å². The van der Waals surface area contributed by atoms with E-state index in [-0.39, 0.29) is 10.8 Å². The van der Waals surface area contributed by atoms with Crippen LogP contribution in [0.25, 0.3) is 6.08 Å². The van der Waals surface area contributed by atoms with E-state index < -0.39 is 10.0 Å². The van der Waals surface area contributed by atoms with Crippen molar-refractivity contribution in [2.75, 3.05) is 39.5 Å². The summed E-state index contributed by atoms with van der Waals surface area (Å²) >= 11 is 5.81. The molecule has 3 rings (SSSR count). The van der Waals surface area contributed by atoms with Crippen molar-refractivity contribution in [2.24, 2.45) is 0 Å². The van der Waals surface area contributed by atoms with Crippen LogP contribution in [0.5, 0.6) is 5.75 Å². The lowest BCUT2D eigenvalue weighted by atomic mass is 10.2. The standard InChI is InChI=1S/C21H23ClN2O5S/c22-18-4-6-19(7-5-18)29-14-11-23-21(25)10-3-17-1-8-20(9-2-17)30(26,27)24-12-15-28-16-13-24/h1-10H,11-16H2,(H,23,25)/b10-3+. The van der Waals surface area contributed by atoms with Gasteiger partial charge in [0.2, 0.25) is 15.9 Å². The van der Waals surface area contributed by atoms with Crippen LogP contribution >= 0.6 is 11.6 Å². The Kier molecular flexibility index (Phi) is 7.87. The third-order valence-corrected chi connectivity index (χ3v) is 6.56. The Bertz CT molecular complexity index is 969. The molecule has 0 radical (unpaired) electrons. The van der Waals surface area contributed by atoms with Gasteiger partial charge in [-0.3, -0.25) is 4.79 Å². The predicted molar refractivity (Wildman–Crippen MR) is 115 cm³/mol. The number of benzene rings is 2. The summed E-state index contributed by atoms with van der Waals surface area (Å²) < 4.78 is 37.3. The maximum atomic E-state index is 12.6. The summed E-state index contributed by atoms with van der Waals surface area (Å²) in [6.07, 6.45) is 3.02. The van der Waals surface area contributed by atoms with E-state index in [4.69, 9.17) is 21.1 Å². The number of halogens is 1. The monoisotopic (exact) mass is 450 g/mol. The fraction of sp³-hybridized carbons (Fsp3) is 0.286. The maximum absolute atomic E-state index is 12.6. The van der Waals surface area contributed by atoms with Gasteiger partial charge in [-0.15, -0.1) is 0 Å². The Balaban J connectivity index is 1.46. The average Bonchev–Trinajstić information content (AvgIpc) is 2.77. The van der Waals surface area contributed by atoms with E-state index in [1.165, 1.54) is 10.4 Å². The molecule has 0 aliphatic carbocycles. The van der Waals surface area contributed by atoms with Gasteiger partial charge in [-0.2, -0.15) is 4.31 Å². The molecule has 9 heteroatoms. The highest BCUT2D eigenvalue weighted by molar-refractivity contribution is 7.89. The van der Waals surface area contributed by atoms with Crippen molar-refractivity contribution in [3.63, 3.8) is 0 Å². The number of ether oxygens (including phenoxy) is 2. The Morgan fingerprint density at radius 3 is 2.43 bits per heavy atom. The third kappa shape index (κ3) is 6.30. The number of nitrogens with one attached hydrogen (secondary N) is 1. The van der Waals surface area contributed by atoms with Crippen LogP contribution in [0.4, 0.5) is 0 Å². The molecule has 1 heterocycles. The van der Waals surface area contributed by atoms with Crippen molar-refractivity contribution >= 4 is 33.6 Å². The summed E-state index contributed by atoms with van der Waals surface area (Å²) in [7, 11) is -3.52. The summed E-state index contributed by atoms with van der Waals surface area (Å²) in [5, 5.41) is 3.35. The molecule has 1 aliphatic rings. The number of amides is 1. The van der Waals surface area contributed by atoms with Crippen LogP contribution in [0.2, 0.25) is 5.02 Å². The highest BCUT2D eigenvalue weighted by Gasteiger charge is 2.25. The summed E-state index contributed by atoms with van der Waals surface area (Å²) in [4.78, 5) is 12.1. The van der Waals surface area contributed by atoms with Gasteiger partial charge < -0.3 is 14.8 Å². The number of rotatable bonds is 8. The Labute approximate surface area is 181 Å². The summed E-state index contributed by atoms with van der Waals surface area (Å²) in [6.45, 7) is 2.19. The van der Waals surface area contributed by atoms with Crippen molar-refractivity contribution in [1.82, 2.24) is 9.62 Å². The van der Waals surface area contributed by atoms with Crippen LogP contribution < -0.4 is 10.1 Å². The minimum Gasteiger partial charge on any atom is -0.492 e. The van der Waals surface area contributed by atoms with Gasteiger partial charge in [0, 0.05) is 24.2 Å². The molecule has 0 bridgehead atoms. The Hall–Kier alpha value is -2.39. The predicted octanol–water partition coefficient (Wildman–Crippen LogP) is 2.57. The van der Waals surface area contributed by atoms with E-state index in [9.17, 15) is 13.2 Å². The molecule has 7 nitrogen and oxygen atoms in total. The molecule has 1 saturated heterocycles. The van der Waals surface area contributed by atoms with Gasteiger partial charge in [-0.05, 0) is 48.0 Å². The highest BCUT2D eigenvalue weighted by Crippen LogP contribution is 2.18. The molecule has 0 saturated carbocycles. The van der Waals surface area contributed by atoms with Gasteiger partial charge in [0.1, 0.15) is 12.4 Å². The van der Waals surface area contributed by atoms with Gasteiger partial charge in [-0.25, -0.2) is 8.42 Å². The molecule has 0 unspecified atom stereocenters. The SMILES string of the molecule is O=C(/C=C/c1ccc(S(=O)(=O)N2CCOCC2)cc1)NCCOc1ccc(Cl)cc1. The average molecular weight is 451 g/mol. The molecule has 0 aromatic heterocycles. The van der Waals surface area contributed by atoms with Crippen molar-refractivity contribution in [3.05, 3.63) is 65.2 Å². The van der Waals surface area contributed by atoms with Gasteiger partial charge in [-0.1, -0.05) is 23.7 Å². The van der Waals surface area contributed by atoms with Crippen molar-refractivity contribution in [2.45, 2.75) is 4.90 Å². The summed E-state index contributed by atoms with van der Waals surface area (Å²) in [5.74, 6) is 0.413. The van der Waals surface area contributed by atoms with Gasteiger partial charge in [0.05, 0.1) is 24.7 Å². The molecule has 1 aliphatic heterocycles. The summed E-state index contributed by atoms with van der Waals surface area (Å²) in [6, 6.07) is 13.4. The second-order valence-corrected chi connectivity index (χ2v) is 8.89. The first-order chi connectivity index (χ1) is 14.4. The van der Waals surface area contributed by atoms with Crippen LogP contribution in [0.1, 0.15) is 5.56 Å². The molecule has 2 aromatic carbocycles. The zero-order valence-corrected chi connectivity index (χ0v) is 17.9. The molecule has 160 valence electrons. The van der Waals surface area contributed by atoms with Crippen LogP contribution in [0.15, 0.2) is 59.5 Å². The number of sulfonamides is 1. The second kappa shape index (κ2) is 10.6. The molecular formula is C21H23ClN2O5S. The van der Waals surface area contributed by atoms with E-state index in [1.54, 1.807) is 54.6 Å². The lowest BCUT2D eigenvalue weighted by Gasteiger charge is -2.26. The molecule has 0 spiro atoms. The van der Waals surface area contributed by atoms with E-state index in [2.05, 4.69) is 5.32 Å². The number of nitrogens with zero attached hydrogens (tertiary/aromatic N) is 1. The molecular weight excluding hydrogens is 428 g/mol. The lowest BCUT2D eigenvalue weighted by molar-refractivity contribution is -0.116. The van der Waals surface area contributed by atoms with Crippen LogP contribution in [-0.2, 0) is 19.6 Å². The van der Waals surface area contributed by atoms with Crippen LogP contribution in [0.3, 0.4) is 0 Å². The smallest absolute Gasteiger partial charge is 0.244 e. The molecule has 1 amide bonds. The fourth-order valence-electron chi connectivity index (χ4n) is 2.79. The van der Waals surface area contributed by atoms with E-state index in [1.807, 2.05) is 0 Å². The summed E-state index contributed by atoms with van der Waals surface area (Å²) in [5.41, 5.74) is 0.725.